The first-order valence-corrected chi connectivity index (χ1v) is 25.9. The van der Waals surface area contributed by atoms with Crippen LogP contribution in [0.2, 0.25) is 0 Å². The number of nitrogens with two attached hydrogens (primary N) is 1. The Morgan fingerprint density at radius 2 is 1.23 bits per heavy atom. The summed E-state index contributed by atoms with van der Waals surface area (Å²) in [6.07, 6.45) is -1.63. The van der Waals surface area contributed by atoms with Crippen LogP contribution < -0.4 is 5.73 Å². The van der Waals surface area contributed by atoms with Crippen LogP contribution in [0.15, 0.2) is 72.9 Å². The Bertz CT molecular complexity index is 1870. The fraction of sp³-hybridized carbons (Fsp3) is 0.736. The van der Waals surface area contributed by atoms with Crippen molar-refractivity contribution >= 4 is 11.9 Å². The Hall–Kier alpha value is -3.30. The summed E-state index contributed by atoms with van der Waals surface area (Å²) in [5.41, 5.74) is 6.04. The number of carbonyl (C=O) groups is 2. The highest BCUT2D eigenvalue weighted by atomic mass is 16.7. The van der Waals surface area contributed by atoms with Crippen LogP contribution in [0, 0.1) is 17.8 Å². The van der Waals surface area contributed by atoms with Crippen LogP contribution in [0.25, 0.3) is 0 Å². The third-order valence-electron chi connectivity index (χ3n) is 14.2. The molecule has 3 saturated heterocycles. The molecule has 0 aromatic heterocycles. The van der Waals surface area contributed by atoms with Gasteiger partial charge in [0.05, 0.1) is 91.8 Å². The zero-order valence-corrected chi connectivity index (χ0v) is 43.1. The highest BCUT2D eigenvalue weighted by Crippen LogP contribution is 2.38. The predicted molar refractivity (Wildman–Crippen MR) is 267 cm³/mol. The first-order chi connectivity index (χ1) is 34.9. The van der Waals surface area contributed by atoms with E-state index in [0.29, 0.717) is 0 Å². The molecule has 23 atom stereocenters. The van der Waals surface area contributed by atoms with Crippen molar-refractivity contribution in [3.8, 4) is 0 Å². The van der Waals surface area contributed by atoms with Gasteiger partial charge in [-0.3, -0.25) is 9.59 Å². The molecule has 2 bridgehead atoms. The zero-order chi connectivity index (χ0) is 54.9. The number of esters is 1. The van der Waals surface area contributed by atoms with E-state index < -0.39 is 165 Å². The fourth-order valence-corrected chi connectivity index (χ4v) is 9.63. The Morgan fingerprint density at radius 3 is 1.89 bits per heavy atom. The number of carboxylic acids is 1. The summed E-state index contributed by atoms with van der Waals surface area (Å²) in [6, 6.07) is -1.16. The second-order valence-corrected chi connectivity index (χ2v) is 20.5. The molecule has 0 amide bonds. The molecule has 4 aliphatic rings. The van der Waals surface area contributed by atoms with Gasteiger partial charge >= 0.3 is 11.9 Å². The summed E-state index contributed by atoms with van der Waals surface area (Å²) >= 11 is 0. The average molecular weight is 1060 g/mol. The molecule has 3 fully saturated rings. The molecule has 422 valence electrons. The monoisotopic (exact) mass is 1060 g/mol. The minimum absolute atomic E-state index is 0.0208. The van der Waals surface area contributed by atoms with Gasteiger partial charge in [0.1, 0.15) is 24.2 Å². The number of hydrogen-bond donors (Lipinski definition) is 13. The molecule has 0 spiro atoms. The van der Waals surface area contributed by atoms with E-state index >= 15 is 0 Å². The lowest BCUT2D eigenvalue weighted by Crippen LogP contribution is -2.61. The summed E-state index contributed by atoms with van der Waals surface area (Å²) in [7, 11) is 0. The van der Waals surface area contributed by atoms with Gasteiger partial charge in [-0.05, 0) is 59.3 Å². The number of fused-ring (bicyclic) bond motifs is 2. The van der Waals surface area contributed by atoms with Gasteiger partial charge in [-0.1, -0.05) is 86.8 Å². The van der Waals surface area contributed by atoms with Gasteiger partial charge < -0.3 is 95.4 Å². The second kappa shape index (κ2) is 30.6. The molecule has 0 radical (unpaired) electrons. The number of ether oxygens (including phenoxy) is 6. The zero-order valence-electron chi connectivity index (χ0n) is 43.1. The Morgan fingerprint density at radius 1 is 0.635 bits per heavy atom. The molecule has 4 rings (SSSR count). The maximum atomic E-state index is 13.1. The van der Waals surface area contributed by atoms with Crippen LogP contribution in [0.3, 0.4) is 0 Å². The molecule has 0 saturated carbocycles. The average Bonchev–Trinajstić information content (AvgIpc) is 3.31. The molecule has 74 heavy (non-hydrogen) atoms. The quantitative estimate of drug-likeness (QED) is 0.170. The van der Waals surface area contributed by atoms with Crippen molar-refractivity contribution in [3.63, 3.8) is 0 Å². The summed E-state index contributed by atoms with van der Waals surface area (Å²) in [5.74, 6) is -6.88. The maximum Gasteiger partial charge on any atom is 0.311 e. The molecule has 14 N–H and O–H groups in total. The first kappa shape index (κ1) is 63.2. The van der Waals surface area contributed by atoms with Crippen molar-refractivity contribution < 1.29 is 99.3 Å². The van der Waals surface area contributed by atoms with Gasteiger partial charge in [-0.15, -0.1) is 0 Å². The number of hydrogen-bond acceptors (Lipinski definition) is 20. The smallest absolute Gasteiger partial charge is 0.311 e. The van der Waals surface area contributed by atoms with E-state index in [1.807, 2.05) is 56.4 Å². The molecule has 0 aliphatic carbocycles. The molecule has 0 aromatic rings. The van der Waals surface area contributed by atoms with Crippen molar-refractivity contribution in [2.45, 2.75) is 227 Å². The number of carbonyl (C=O) groups excluding carboxylic acids is 1. The van der Waals surface area contributed by atoms with Gasteiger partial charge in [-0.2, -0.15) is 0 Å². The molecule has 0 aromatic carbocycles. The predicted octanol–water partition coefficient (Wildman–Crippen LogP) is 0.817. The normalized spacial score (nSPS) is 46.5. The Balaban J connectivity index is 1.55. The maximum absolute atomic E-state index is 13.1. The van der Waals surface area contributed by atoms with Crippen LogP contribution >= 0.6 is 0 Å². The highest BCUT2D eigenvalue weighted by Gasteiger charge is 2.51. The third kappa shape index (κ3) is 19.9. The van der Waals surface area contributed by atoms with E-state index in [9.17, 15) is 70.9 Å². The van der Waals surface area contributed by atoms with Gasteiger partial charge in [0.2, 0.25) is 0 Å². The Kier molecular flexibility index (Phi) is 26.1. The van der Waals surface area contributed by atoms with Crippen LogP contribution in [0.4, 0.5) is 0 Å². The van der Waals surface area contributed by atoms with Crippen LogP contribution in [0.1, 0.15) is 105 Å². The largest absolute Gasteiger partial charge is 0.481 e. The van der Waals surface area contributed by atoms with Crippen LogP contribution in [-0.4, -0.2) is 195 Å². The third-order valence-corrected chi connectivity index (χ3v) is 14.2. The number of aliphatic hydroxyl groups is 11. The van der Waals surface area contributed by atoms with Crippen molar-refractivity contribution in [2.24, 2.45) is 23.5 Å². The number of carboxylic acid groups (broad SMARTS) is 1. The lowest BCUT2D eigenvalue weighted by molar-refractivity contribution is -0.310. The molecular weight excluding hydrogens is 971 g/mol. The van der Waals surface area contributed by atoms with Crippen molar-refractivity contribution in [3.05, 3.63) is 72.9 Å². The minimum atomic E-state index is -2.37. The van der Waals surface area contributed by atoms with Gasteiger partial charge in [0.25, 0.3) is 0 Å². The first-order valence-electron chi connectivity index (χ1n) is 25.9. The second-order valence-electron chi connectivity index (χ2n) is 20.5. The Labute approximate surface area is 433 Å². The van der Waals surface area contributed by atoms with Gasteiger partial charge in [0.15, 0.2) is 18.4 Å². The molecule has 4 heterocycles. The lowest BCUT2D eigenvalue weighted by atomic mass is 9.82. The van der Waals surface area contributed by atoms with E-state index in [4.69, 9.17) is 34.2 Å². The van der Waals surface area contributed by atoms with Gasteiger partial charge in [0, 0.05) is 37.5 Å². The number of cyclic esters (lactones) is 1. The van der Waals surface area contributed by atoms with Crippen LogP contribution in [0.5, 0.6) is 0 Å². The molecule has 21 heteroatoms. The number of aliphatic carboxylic acids is 1. The minimum Gasteiger partial charge on any atom is -0.481 e. The molecular formula is C53H85NO20. The van der Waals surface area contributed by atoms with Crippen molar-refractivity contribution in [2.75, 3.05) is 0 Å². The number of aliphatic hydroxyl groups excluding tert-OH is 10. The van der Waals surface area contributed by atoms with Crippen molar-refractivity contribution in [1.29, 1.82) is 0 Å². The van der Waals surface area contributed by atoms with Crippen LogP contribution in [-0.2, 0) is 38.0 Å². The highest BCUT2D eigenvalue weighted by molar-refractivity contribution is 5.71. The van der Waals surface area contributed by atoms with E-state index in [1.165, 1.54) is 13.0 Å². The van der Waals surface area contributed by atoms with Crippen molar-refractivity contribution in [1.82, 2.24) is 0 Å². The standard InChI is InChI=1S/C53H85NO20/c1-29-18-16-14-12-10-8-6-7-9-11-13-15-17-19-37(72-52-49(65)46(54)48(64)33(5)71-52)25-42-45(51(66)67)41(61)28-53(68,74-42)27-40(60)38(58)21-20-34(55)22-35(56)23-36(57)24-43(62)69-31(3)30(2)50(29)73-44-26-39(59)47(63)32(4)70-44/h6-7,9,11-19,29-42,44-50,52,55-61,63-65,68H,8,10,20-28,54H2,1-5H3,(H,66,67)/b7-6+,11-9+,14-12+,15-13+,18-16+,19-17+/t29-,30-,31-,32-,33+,34+,35+,36+,37-,38+,39+,40+,41-,42-,44?,45+,46-,47-,48+,49-,50+,52-,53+/m0/s1. The van der Waals surface area contributed by atoms with E-state index in [1.54, 1.807) is 38.2 Å². The van der Waals surface area contributed by atoms with E-state index in [-0.39, 0.29) is 44.4 Å². The number of allylic oxidation sites excluding steroid dienone is 10. The SMILES string of the molecule is C[C@@H]1[C@H](OC2C[C@@H](O)[C@@H](O)[C@H](C)O2)[C@@H](C)/C=C/C=C/CC/C=C/C=C/C=C/C=C/[C@H](O[C@@H]2O[C@H](C)[C@@H](O)[C@H](N)[C@@H]2O)C[C@@H]2O[C@](O)(C[C@@H](O)[C@H](O)CC[C@@H](O)C[C@@H](O)C[C@@H](O)CC(=O)O[C@H]1C)C[C@H](O)[C@H]2C(=O)O. The lowest BCUT2D eigenvalue weighted by Gasteiger charge is -2.45. The number of rotatable bonds is 5. The molecule has 1 unspecified atom stereocenters. The molecule has 4 aliphatic heterocycles. The summed E-state index contributed by atoms with van der Waals surface area (Å²) in [4.78, 5) is 25.6. The van der Waals surface area contributed by atoms with E-state index in [0.717, 1.165) is 12.8 Å². The fourth-order valence-electron chi connectivity index (χ4n) is 9.63. The van der Waals surface area contributed by atoms with E-state index in [2.05, 4.69) is 0 Å². The summed E-state index contributed by atoms with van der Waals surface area (Å²) < 4.78 is 35.8. The molecule has 21 nitrogen and oxygen atoms in total. The summed E-state index contributed by atoms with van der Waals surface area (Å²) in [6.45, 7) is 8.61. The van der Waals surface area contributed by atoms with Gasteiger partial charge in [-0.25, -0.2) is 0 Å². The summed E-state index contributed by atoms with van der Waals surface area (Å²) in [5, 5.41) is 129. The topological polar surface area (TPSA) is 358 Å².